The second-order valence-corrected chi connectivity index (χ2v) is 6.56. The van der Waals surface area contributed by atoms with Crippen molar-refractivity contribution in [3.8, 4) is 0 Å². The zero-order valence-electron chi connectivity index (χ0n) is 15.6. The lowest BCUT2D eigenvalue weighted by Gasteiger charge is -2.22. The molecule has 1 aliphatic heterocycles. The van der Waals surface area contributed by atoms with Crippen LogP contribution in [0.25, 0.3) is 0 Å². The molecule has 1 fully saturated rings. The molecule has 2 aromatic rings. The maximum atomic E-state index is 13.1. The SMILES string of the molecule is COC(=O)c1cccc(CN2CCN(C(=O)c3ccc(F)cc3)CCC2=O)c1. The molecule has 1 heterocycles. The third kappa shape index (κ3) is 4.54. The van der Waals surface area contributed by atoms with E-state index in [2.05, 4.69) is 0 Å². The number of benzene rings is 2. The Balaban J connectivity index is 1.67. The van der Waals surface area contributed by atoms with E-state index in [-0.39, 0.29) is 18.2 Å². The Hall–Kier alpha value is -3.22. The van der Waals surface area contributed by atoms with Gasteiger partial charge in [-0.15, -0.1) is 0 Å². The molecule has 0 radical (unpaired) electrons. The van der Waals surface area contributed by atoms with Gasteiger partial charge in [0.25, 0.3) is 5.91 Å². The van der Waals surface area contributed by atoms with E-state index in [0.717, 1.165) is 5.56 Å². The van der Waals surface area contributed by atoms with Crippen molar-refractivity contribution in [3.63, 3.8) is 0 Å². The molecule has 28 heavy (non-hydrogen) atoms. The van der Waals surface area contributed by atoms with Gasteiger partial charge in [0.2, 0.25) is 5.91 Å². The molecule has 1 saturated heterocycles. The molecule has 0 unspecified atom stereocenters. The highest BCUT2D eigenvalue weighted by atomic mass is 19.1. The number of ether oxygens (including phenoxy) is 1. The van der Waals surface area contributed by atoms with Crippen molar-refractivity contribution < 1.29 is 23.5 Å². The smallest absolute Gasteiger partial charge is 0.337 e. The van der Waals surface area contributed by atoms with E-state index in [1.54, 1.807) is 28.0 Å². The highest BCUT2D eigenvalue weighted by Gasteiger charge is 2.24. The molecule has 2 aromatic carbocycles. The van der Waals surface area contributed by atoms with E-state index >= 15 is 0 Å². The summed E-state index contributed by atoms with van der Waals surface area (Å²) in [4.78, 5) is 40.1. The number of hydrogen-bond donors (Lipinski definition) is 0. The van der Waals surface area contributed by atoms with Gasteiger partial charge in [-0.2, -0.15) is 0 Å². The Morgan fingerprint density at radius 1 is 1.04 bits per heavy atom. The van der Waals surface area contributed by atoms with Gasteiger partial charge in [-0.05, 0) is 42.0 Å². The Morgan fingerprint density at radius 2 is 1.79 bits per heavy atom. The van der Waals surface area contributed by atoms with Crippen LogP contribution in [-0.2, 0) is 16.1 Å². The number of amides is 2. The fourth-order valence-electron chi connectivity index (χ4n) is 3.15. The monoisotopic (exact) mass is 384 g/mol. The number of rotatable bonds is 4. The molecule has 0 N–H and O–H groups in total. The van der Waals surface area contributed by atoms with Crippen molar-refractivity contribution in [2.45, 2.75) is 13.0 Å². The number of methoxy groups -OCH3 is 1. The van der Waals surface area contributed by atoms with E-state index in [0.29, 0.717) is 37.3 Å². The summed E-state index contributed by atoms with van der Waals surface area (Å²) in [7, 11) is 1.32. The number of hydrogen-bond acceptors (Lipinski definition) is 4. The maximum Gasteiger partial charge on any atom is 0.337 e. The summed E-state index contributed by atoms with van der Waals surface area (Å²) in [6.07, 6.45) is 0.212. The average Bonchev–Trinajstić information content (AvgIpc) is 2.89. The van der Waals surface area contributed by atoms with Gasteiger partial charge in [-0.1, -0.05) is 12.1 Å². The number of carbonyl (C=O) groups is 3. The van der Waals surface area contributed by atoms with Crippen molar-refractivity contribution in [1.82, 2.24) is 9.80 Å². The van der Waals surface area contributed by atoms with Crippen LogP contribution in [0.5, 0.6) is 0 Å². The van der Waals surface area contributed by atoms with E-state index in [4.69, 9.17) is 4.74 Å². The standard InChI is InChI=1S/C21H21FN2O4/c1-28-21(27)17-4-2-3-15(13-17)14-24-12-11-23(10-9-19(24)25)20(26)16-5-7-18(22)8-6-16/h2-8,13H,9-12,14H2,1H3. The quantitative estimate of drug-likeness (QED) is 0.760. The van der Waals surface area contributed by atoms with Crippen LogP contribution in [0.4, 0.5) is 4.39 Å². The minimum Gasteiger partial charge on any atom is -0.465 e. The summed E-state index contributed by atoms with van der Waals surface area (Å²) in [5.74, 6) is -1.11. The van der Waals surface area contributed by atoms with Crippen LogP contribution in [0, 0.1) is 5.82 Å². The Kier molecular flexibility index (Phi) is 6.03. The first-order valence-corrected chi connectivity index (χ1v) is 8.98. The zero-order chi connectivity index (χ0) is 20.1. The topological polar surface area (TPSA) is 66.9 Å². The van der Waals surface area contributed by atoms with Gasteiger partial charge in [-0.25, -0.2) is 9.18 Å². The number of nitrogens with zero attached hydrogens (tertiary/aromatic N) is 2. The molecular weight excluding hydrogens is 363 g/mol. The number of esters is 1. The van der Waals surface area contributed by atoms with Crippen molar-refractivity contribution >= 4 is 17.8 Å². The highest BCUT2D eigenvalue weighted by molar-refractivity contribution is 5.94. The van der Waals surface area contributed by atoms with Crippen molar-refractivity contribution in [2.75, 3.05) is 26.7 Å². The summed E-state index contributed by atoms with van der Waals surface area (Å²) in [5.41, 5.74) is 1.64. The predicted octanol–water partition coefficient (Wildman–Crippen LogP) is 2.49. The summed E-state index contributed by atoms with van der Waals surface area (Å²) in [6.45, 7) is 1.43. The van der Waals surface area contributed by atoms with E-state index in [1.807, 2.05) is 6.07 Å². The molecular formula is C21H21FN2O4. The van der Waals surface area contributed by atoms with Gasteiger partial charge in [0, 0.05) is 38.2 Å². The van der Waals surface area contributed by atoms with E-state index < -0.39 is 11.8 Å². The molecule has 6 nitrogen and oxygen atoms in total. The van der Waals surface area contributed by atoms with Crippen LogP contribution in [0.3, 0.4) is 0 Å². The minimum absolute atomic E-state index is 0.0575. The van der Waals surface area contributed by atoms with Gasteiger partial charge >= 0.3 is 5.97 Å². The third-order valence-electron chi connectivity index (χ3n) is 4.69. The highest BCUT2D eigenvalue weighted by Crippen LogP contribution is 2.15. The first-order valence-electron chi connectivity index (χ1n) is 8.98. The van der Waals surface area contributed by atoms with E-state index in [1.165, 1.54) is 31.4 Å². The van der Waals surface area contributed by atoms with Crippen LogP contribution >= 0.6 is 0 Å². The lowest BCUT2D eigenvalue weighted by atomic mass is 10.1. The Labute approximate surface area is 162 Å². The first-order chi connectivity index (χ1) is 13.5. The van der Waals surface area contributed by atoms with Crippen molar-refractivity contribution in [1.29, 1.82) is 0 Å². The molecule has 7 heteroatoms. The molecule has 0 atom stereocenters. The van der Waals surface area contributed by atoms with Crippen LogP contribution in [0.2, 0.25) is 0 Å². The fraction of sp³-hybridized carbons (Fsp3) is 0.286. The Bertz CT molecular complexity index is 882. The Morgan fingerprint density at radius 3 is 2.50 bits per heavy atom. The van der Waals surface area contributed by atoms with Crippen LogP contribution in [-0.4, -0.2) is 54.3 Å². The van der Waals surface area contributed by atoms with Crippen LogP contribution in [0.1, 0.15) is 32.7 Å². The lowest BCUT2D eigenvalue weighted by molar-refractivity contribution is -0.130. The minimum atomic E-state index is -0.430. The van der Waals surface area contributed by atoms with Gasteiger partial charge in [0.05, 0.1) is 12.7 Å². The van der Waals surface area contributed by atoms with Crippen molar-refractivity contribution in [2.24, 2.45) is 0 Å². The predicted molar refractivity (Wildman–Crippen MR) is 100 cm³/mol. The molecule has 0 aromatic heterocycles. The molecule has 2 amide bonds. The van der Waals surface area contributed by atoms with Gasteiger partial charge < -0.3 is 14.5 Å². The zero-order valence-corrected chi connectivity index (χ0v) is 15.6. The lowest BCUT2D eigenvalue weighted by Crippen LogP contribution is -2.35. The molecule has 3 rings (SSSR count). The van der Waals surface area contributed by atoms with Gasteiger partial charge in [0.15, 0.2) is 0 Å². The third-order valence-corrected chi connectivity index (χ3v) is 4.69. The van der Waals surface area contributed by atoms with Gasteiger partial charge in [-0.3, -0.25) is 9.59 Å². The summed E-state index contributed by atoms with van der Waals surface area (Å²) in [6, 6.07) is 12.3. The molecule has 0 bridgehead atoms. The maximum absolute atomic E-state index is 13.1. The average molecular weight is 384 g/mol. The molecule has 0 aliphatic carbocycles. The van der Waals surface area contributed by atoms with Gasteiger partial charge in [0.1, 0.15) is 5.82 Å². The van der Waals surface area contributed by atoms with Crippen LogP contribution in [0.15, 0.2) is 48.5 Å². The second kappa shape index (κ2) is 8.65. The number of carbonyl (C=O) groups excluding carboxylic acids is 3. The molecule has 1 aliphatic rings. The summed E-state index contributed by atoms with van der Waals surface area (Å²) >= 11 is 0. The first kappa shape index (κ1) is 19.5. The fourth-order valence-corrected chi connectivity index (χ4v) is 3.15. The number of halogens is 1. The molecule has 0 spiro atoms. The molecule has 0 saturated carbocycles. The van der Waals surface area contributed by atoms with Crippen molar-refractivity contribution in [3.05, 3.63) is 71.0 Å². The van der Waals surface area contributed by atoms with E-state index in [9.17, 15) is 18.8 Å². The largest absolute Gasteiger partial charge is 0.465 e. The normalized spacial score (nSPS) is 14.6. The second-order valence-electron chi connectivity index (χ2n) is 6.56. The summed E-state index contributed by atoms with van der Waals surface area (Å²) < 4.78 is 17.8. The molecule has 146 valence electrons. The van der Waals surface area contributed by atoms with Crippen LogP contribution < -0.4 is 0 Å². The summed E-state index contributed by atoms with van der Waals surface area (Å²) in [5, 5.41) is 0.